The fraction of sp³-hybridized carbons (Fsp3) is 0.300. The molecule has 7 heteroatoms. The maximum Gasteiger partial charge on any atom is 0.419 e. The van der Waals surface area contributed by atoms with Gasteiger partial charge in [0, 0.05) is 24.6 Å². The Balaban J connectivity index is 2.12. The molecular formula is C20H24N2O5. The molecule has 0 saturated carbocycles. The van der Waals surface area contributed by atoms with Gasteiger partial charge in [-0.3, -0.25) is 10.2 Å². The minimum Gasteiger partial charge on any atom is -0.450 e. The van der Waals surface area contributed by atoms with E-state index < -0.39 is 12.2 Å². The van der Waals surface area contributed by atoms with Crippen molar-refractivity contribution in [3.63, 3.8) is 0 Å². The lowest BCUT2D eigenvalue weighted by Crippen LogP contribution is -2.36. The van der Waals surface area contributed by atoms with Crippen LogP contribution in [0.25, 0.3) is 0 Å². The van der Waals surface area contributed by atoms with Gasteiger partial charge in [-0.15, -0.1) is 0 Å². The molecule has 0 aliphatic rings. The van der Waals surface area contributed by atoms with Crippen molar-refractivity contribution in [3.8, 4) is 5.75 Å². The molecule has 0 spiro atoms. The van der Waals surface area contributed by atoms with E-state index in [4.69, 9.17) is 14.2 Å². The van der Waals surface area contributed by atoms with Crippen LogP contribution in [0.15, 0.2) is 48.5 Å². The van der Waals surface area contributed by atoms with Crippen molar-refractivity contribution >= 4 is 23.6 Å². The maximum absolute atomic E-state index is 12.7. The first-order chi connectivity index (χ1) is 13.0. The molecule has 0 aliphatic carbocycles. The number of hydrogen-bond acceptors (Lipinski definition) is 5. The van der Waals surface area contributed by atoms with Crippen molar-refractivity contribution in [2.75, 3.05) is 37.1 Å². The Kier molecular flexibility index (Phi) is 7.63. The number of methoxy groups -OCH3 is 1. The fourth-order valence-electron chi connectivity index (χ4n) is 2.31. The van der Waals surface area contributed by atoms with Gasteiger partial charge in [-0.05, 0) is 38.1 Å². The van der Waals surface area contributed by atoms with E-state index in [2.05, 4.69) is 5.32 Å². The highest BCUT2D eigenvalue weighted by Gasteiger charge is 2.18. The van der Waals surface area contributed by atoms with Gasteiger partial charge in [-0.1, -0.05) is 23.8 Å². The van der Waals surface area contributed by atoms with Gasteiger partial charge < -0.3 is 14.2 Å². The van der Waals surface area contributed by atoms with Gasteiger partial charge in [0.1, 0.15) is 5.75 Å². The summed E-state index contributed by atoms with van der Waals surface area (Å²) in [6.07, 6.45) is -1.11. The zero-order valence-corrected chi connectivity index (χ0v) is 15.7. The van der Waals surface area contributed by atoms with Crippen LogP contribution in [0, 0.1) is 6.92 Å². The second-order valence-electron chi connectivity index (χ2n) is 5.72. The Morgan fingerprint density at radius 3 is 2.52 bits per heavy atom. The van der Waals surface area contributed by atoms with Crippen LogP contribution in [0.5, 0.6) is 5.75 Å². The second-order valence-corrected chi connectivity index (χ2v) is 5.72. The predicted molar refractivity (Wildman–Crippen MR) is 104 cm³/mol. The summed E-state index contributed by atoms with van der Waals surface area (Å²) < 4.78 is 15.4. The third kappa shape index (κ3) is 6.31. The number of amides is 2. The molecule has 0 radical (unpaired) electrons. The summed E-state index contributed by atoms with van der Waals surface area (Å²) in [5, 5.41) is 2.57. The molecule has 2 amide bonds. The summed E-state index contributed by atoms with van der Waals surface area (Å²) >= 11 is 0. The van der Waals surface area contributed by atoms with E-state index in [1.165, 1.54) is 4.90 Å². The molecule has 0 unspecified atom stereocenters. The number of aryl methyl sites for hydroxylation is 1. The second kappa shape index (κ2) is 10.2. The highest BCUT2D eigenvalue weighted by Crippen LogP contribution is 2.21. The third-order valence-electron chi connectivity index (χ3n) is 3.65. The van der Waals surface area contributed by atoms with E-state index in [1.54, 1.807) is 38.3 Å². The summed E-state index contributed by atoms with van der Waals surface area (Å²) in [7, 11) is 1.57. The predicted octanol–water partition coefficient (Wildman–Crippen LogP) is 4.22. The number of benzene rings is 2. The molecule has 0 heterocycles. The average Bonchev–Trinajstić information content (AvgIpc) is 2.64. The standard InChI is InChI=1S/C20H24N2O5/c1-4-26-19(23)21-16-6-5-7-18(14-16)27-20(24)22(12-13-25-3)17-10-8-15(2)9-11-17/h5-11,14H,4,12-13H2,1-3H3,(H,21,23). The van der Waals surface area contributed by atoms with Gasteiger partial charge in [0.05, 0.1) is 19.8 Å². The molecule has 0 fully saturated rings. The Bertz CT molecular complexity index is 761. The summed E-state index contributed by atoms with van der Waals surface area (Å²) in [5.41, 5.74) is 2.28. The number of hydrogen-bond donors (Lipinski definition) is 1. The van der Waals surface area contributed by atoms with Crippen LogP contribution < -0.4 is 15.0 Å². The van der Waals surface area contributed by atoms with Crippen molar-refractivity contribution in [1.29, 1.82) is 0 Å². The molecule has 0 saturated heterocycles. The normalized spacial score (nSPS) is 10.2. The monoisotopic (exact) mass is 372 g/mol. The molecule has 0 atom stereocenters. The molecule has 1 N–H and O–H groups in total. The number of rotatable bonds is 7. The molecule has 2 aromatic carbocycles. The van der Waals surface area contributed by atoms with E-state index in [9.17, 15) is 9.59 Å². The number of ether oxygens (including phenoxy) is 3. The zero-order valence-electron chi connectivity index (χ0n) is 15.7. The largest absolute Gasteiger partial charge is 0.450 e. The summed E-state index contributed by atoms with van der Waals surface area (Å²) in [4.78, 5) is 25.7. The van der Waals surface area contributed by atoms with Crippen LogP contribution in [0.3, 0.4) is 0 Å². The Hall–Kier alpha value is -3.06. The zero-order chi connectivity index (χ0) is 19.6. The minimum absolute atomic E-state index is 0.269. The lowest BCUT2D eigenvalue weighted by molar-refractivity contribution is 0.168. The van der Waals surface area contributed by atoms with Crippen molar-refractivity contribution in [3.05, 3.63) is 54.1 Å². The van der Waals surface area contributed by atoms with Crippen molar-refractivity contribution in [2.24, 2.45) is 0 Å². The lowest BCUT2D eigenvalue weighted by Gasteiger charge is -2.22. The summed E-state index contributed by atoms with van der Waals surface area (Å²) in [6.45, 7) is 4.68. The maximum atomic E-state index is 12.7. The molecule has 2 aromatic rings. The summed E-state index contributed by atoms with van der Waals surface area (Å²) in [6, 6.07) is 14.1. The van der Waals surface area contributed by atoms with E-state index in [0.29, 0.717) is 30.3 Å². The fourth-order valence-corrected chi connectivity index (χ4v) is 2.31. The Morgan fingerprint density at radius 2 is 1.85 bits per heavy atom. The first-order valence-corrected chi connectivity index (χ1v) is 8.62. The first kappa shape index (κ1) is 20.3. The van der Waals surface area contributed by atoms with Crippen molar-refractivity contribution in [2.45, 2.75) is 13.8 Å². The van der Waals surface area contributed by atoms with E-state index in [0.717, 1.165) is 5.56 Å². The topological polar surface area (TPSA) is 77.1 Å². The van der Waals surface area contributed by atoms with E-state index >= 15 is 0 Å². The molecule has 0 aromatic heterocycles. The Morgan fingerprint density at radius 1 is 1.11 bits per heavy atom. The van der Waals surface area contributed by atoms with Crippen LogP contribution in [-0.4, -0.2) is 39.1 Å². The van der Waals surface area contributed by atoms with Gasteiger partial charge in [0.2, 0.25) is 0 Å². The van der Waals surface area contributed by atoms with Crippen LogP contribution >= 0.6 is 0 Å². The van der Waals surface area contributed by atoms with Crippen molar-refractivity contribution in [1.82, 2.24) is 0 Å². The van der Waals surface area contributed by atoms with Crippen molar-refractivity contribution < 1.29 is 23.8 Å². The number of nitrogens with one attached hydrogen (secondary N) is 1. The lowest BCUT2D eigenvalue weighted by atomic mass is 10.2. The van der Waals surface area contributed by atoms with Crippen LogP contribution in [0.1, 0.15) is 12.5 Å². The molecule has 7 nitrogen and oxygen atoms in total. The van der Waals surface area contributed by atoms with Gasteiger partial charge in [-0.2, -0.15) is 0 Å². The molecule has 144 valence electrons. The van der Waals surface area contributed by atoms with Crippen LogP contribution in [-0.2, 0) is 9.47 Å². The number of carbonyl (C=O) groups is 2. The van der Waals surface area contributed by atoms with Crippen LogP contribution in [0.4, 0.5) is 21.0 Å². The highest BCUT2D eigenvalue weighted by atomic mass is 16.6. The minimum atomic E-state index is -0.567. The molecule has 2 rings (SSSR count). The highest BCUT2D eigenvalue weighted by molar-refractivity contribution is 5.89. The summed E-state index contributed by atoms with van der Waals surface area (Å²) in [5.74, 6) is 0.309. The van der Waals surface area contributed by atoms with Gasteiger partial charge in [0.15, 0.2) is 0 Å². The Labute approximate surface area is 158 Å². The smallest absolute Gasteiger partial charge is 0.419 e. The average molecular weight is 372 g/mol. The molecular weight excluding hydrogens is 348 g/mol. The number of anilines is 2. The number of carbonyl (C=O) groups excluding carboxylic acids is 2. The SMILES string of the molecule is CCOC(=O)Nc1cccc(OC(=O)N(CCOC)c2ccc(C)cc2)c1. The van der Waals surface area contributed by atoms with Gasteiger partial charge >= 0.3 is 12.2 Å². The van der Waals surface area contributed by atoms with E-state index in [1.807, 2.05) is 31.2 Å². The first-order valence-electron chi connectivity index (χ1n) is 8.62. The van der Waals surface area contributed by atoms with Crippen LogP contribution in [0.2, 0.25) is 0 Å². The van der Waals surface area contributed by atoms with Gasteiger partial charge in [-0.25, -0.2) is 9.59 Å². The number of nitrogens with zero attached hydrogens (tertiary/aromatic N) is 1. The third-order valence-corrected chi connectivity index (χ3v) is 3.65. The molecule has 0 bridgehead atoms. The van der Waals surface area contributed by atoms with E-state index in [-0.39, 0.29) is 6.61 Å². The molecule has 27 heavy (non-hydrogen) atoms. The molecule has 0 aliphatic heterocycles. The quantitative estimate of drug-likeness (QED) is 0.788. The van der Waals surface area contributed by atoms with Gasteiger partial charge in [0.25, 0.3) is 0 Å².